The highest BCUT2D eigenvalue weighted by molar-refractivity contribution is 14.1. The van der Waals surface area contributed by atoms with Gasteiger partial charge in [0.25, 0.3) is 0 Å². The molecule has 0 saturated heterocycles. The van der Waals surface area contributed by atoms with Gasteiger partial charge in [0, 0.05) is 9.97 Å². The predicted molar refractivity (Wildman–Crippen MR) is 77.7 cm³/mol. The summed E-state index contributed by atoms with van der Waals surface area (Å²) in [4.78, 5) is 11.7. The molecule has 0 unspecified atom stereocenters. The molecule has 0 atom stereocenters. The first-order chi connectivity index (χ1) is 8.65. The fourth-order valence-electron chi connectivity index (χ4n) is 3.25. The molecule has 1 amide bonds. The van der Waals surface area contributed by atoms with Crippen LogP contribution in [0.5, 0.6) is 0 Å². The quantitative estimate of drug-likeness (QED) is 0.664. The van der Waals surface area contributed by atoms with Crippen LogP contribution < -0.4 is 5.32 Å². The summed E-state index contributed by atoms with van der Waals surface area (Å²) in [7, 11) is 0. The Hall–Kier alpha value is -0.780. The van der Waals surface area contributed by atoms with Gasteiger partial charge >= 0.3 is 6.09 Å². The topological polar surface area (TPSA) is 38.3 Å². The minimum atomic E-state index is -0.277. The van der Waals surface area contributed by atoms with Gasteiger partial charge in [0.05, 0.1) is 0 Å². The number of carbonyl (C=O) groups excluding carboxylic acids is 1. The van der Waals surface area contributed by atoms with Crippen LogP contribution in [0.1, 0.15) is 24.8 Å². The van der Waals surface area contributed by atoms with Crippen LogP contribution in [0, 0.1) is 5.41 Å². The summed E-state index contributed by atoms with van der Waals surface area (Å²) in [5.41, 5.74) is 1.63. The van der Waals surface area contributed by atoms with E-state index in [0.717, 1.165) is 24.8 Å². The smallest absolute Gasteiger partial charge is 0.407 e. The van der Waals surface area contributed by atoms with Crippen molar-refractivity contribution in [1.82, 2.24) is 5.32 Å². The molecule has 0 aliphatic heterocycles. The predicted octanol–water partition coefficient (Wildman–Crippen LogP) is 3.27. The normalized spacial score (nSPS) is 32.1. The van der Waals surface area contributed by atoms with Gasteiger partial charge in [-0.15, -0.1) is 0 Å². The Morgan fingerprint density at radius 3 is 2.56 bits per heavy atom. The third-order valence-corrected chi connectivity index (χ3v) is 5.62. The first kappa shape index (κ1) is 12.3. The molecule has 4 rings (SSSR count). The summed E-state index contributed by atoms with van der Waals surface area (Å²) < 4.78 is 6.44. The lowest BCUT2D eigenvalue weighted by Crippen LogP contribution is -2.75. The van der Waals surface area contributed by atoms with Crippen molar-refractivity contribution in [2.24, 2.45) is 5.41 Å². The zero-order valence-corrected chi connectivity index (χ0v) is 12.3. The van der Waals surface area contributed by atoms with Crippen molar-refractivity contribution in [3.05, 3.63) is 35.9 Å². The molecule has 3 saturated carbocycles. The Labute approximate surface area is 120 Å². The summed E-state index contributed by atoms with van der Waals surface area (Å²) in [6, 6.07) is 9.76. The molecule has 0 aromatic heterocycles. The van der Waals surface area contributed by atoms with Crippen LogP contribution in [0.2, 0.25) is 0 Å². The Morgan fingerprint density at radius 1 is 1.28 bits per heavy atom. The highest BCUT2D eigenvalue weighted by Crippen LogP contribution is 2.67. The Morgan fingerprint density at radius 2 is 1.94 bits per heavy atom. The van der Waals surface area contributed by atoms with Crippen molar-refractivity contribution in [3.63, 3.8) is 0 Å². The van der Waals surface area contributed by atoms with E-state index < -0.39 is 0 Å². The molecule has 3 nitrogen and oxygen atoms in total. The Kier molecular flexibility index (Phi) is 3.00. The van der Waals surface area contributed by atoms with Gasteiger partial charge in [-0.05, 0) is 30.2 Å². The van der Waals surface area contributed by atoms with Crippen molar-refractivity contribution < 1.29 is 9.53 Å². The minimum absolute atomic E-state index is 0.0684. The molecule has 0 spiro atoms. The average molecular weight is 357 g/mol. The van der Waals surface area contributed by atoms with Gasteiger partial charge < -0.3 is 10.1 Å². The van der Waals surface area contributed by atoms with Gasteiger partial charge in [0.2, 0.25) is 0 Å². The van der Waals surface area contributed by atoms with E-state index in [0.29, 0.717) is 12.0 Å². The molecule has 1 N–H and O–H groups in total. The van der Waals surface area contributed by atoms with Gasteiger partial charge in [0.1, 0.15) is 6.61 Å². The van der Waals surface area contributed by atoms with Crippen molar-refractivity contribution in [2.75, 3.05) is 4.43 Å². The zero-order chi connectivity index (χ0) is 12.6. The van der Waals surface area contributed by atoms with Crippen LogP contribution >= 0.6 is 22.6 Å². The molecule has 18 heavy (non-hydrogen) atoms. The van der Waals surface area contributed by atoms with E-state index >= 15 is 0 Å². The van der Waals surface area contributed by atoms with Crippen molar-refractivity contribution in [3.8, 4) is 0 Å². The lowest BCUT2D eigenvalue weighted by molar-refractivity contribution is -0.129. The SMILES string of the molecule is O=C(NC12CC(CI)(C1)C2)OCc1ccccc1. The Balaban J connectivity index is 1.44. The molecule has 1 aromatic carbocycles. The van der Waals surface area contributed by atoms with E-state index in [9.17, 15) is 4.79 Å². The zero-order valence-electron chi connectivity index (χ0n) is 10.1. The monoisotopic (exact) mass is 357 g/mol. The highest BCUT2D eigenvalue weighted by Gasteiger charge is 2.67. The largest absolute Gasteiger partial charge is 0.445 e. The molecule has 3 fully saturated rings. The fraction of sp³-hybridized carbons (Fsp3) is 0.500. The molecule has 0 heterocycles. The number of alkyl carbamates (subject to hydrolysis) is 1. The highest BCUT2D eigenvalue weighted by atomic mass is 127. The third kappa shape index (κ3) is 2.11. The van der Waals surface area contributed by atoms with E-state index in [1.165, 1.54) is 4.43 Å². The molecule has 0 radical (unpaired) electrons. The number of carbonyl (C=O) groups is 1. The van der Waals surface area contributed by atoms with E-state index in [2.05, 4.69) is 27.9 Å². The van der Waals surface area contributed by atoms with E-state index in [4.69, 9.17) is 4.74 Å². The van der Waals surface area contributed by atoms with Crippen LogP contribution in [0.4, 0.5) is 4.79 Å². The summed E-state index contributed by atoms with van der Waals surface area (Å²) in [5.74, 6) is 0. The number of ether oxygens (including phenoxy) is 1. The molecule has 96 valence electrons. The first-order valence-electron chi connectivity index (χ1n) is 6.20. The lowest BCUT2D eigenvalue weighted by atomic mass is 9.40. The minimum Gasteiger partial charge on any atom is -0.445 e. The van der Waals surface area contributed by atoms with Crippen molar-refractivity contribution >= 4 is 28.7 Å². The molecule has 2 bridgehead atoms. The number of alkyl halides is 1. The molecule has 1 aromatic rings. The molecular formula is C14H16INO2. The molecule has 3 aliphatic carbocycles. The van der Waals surface area contributed by atoms with Crippen LogP contribution in [0.3, 0.4) is 0 Å². The van der Waals surface area contributed by atoms with E-state index in [-0.39, 0.29) is 11.6 Å². The van der Waals surface area contributed by atoms with Crippen LogP contribution in [-0.2, 0) is 11.3 Å². The van der Waals surface area contributed by atoms with E-state index in [1.54, 1.807) is 0 Å². The number of hydrogen-bond donors (Lipinski definition) is 1. The number of hydrogen-bond acceptors (Lipinski definition) is 2. The maximum atomic E-state index is 11.7. The van der Waals surface area contributed by atoms with E-state index in [1.807, 2.05) is 30.3 Å². The third-order valence-electron chi connectivity index (χ3n) is 4.00. The summed E-state index contributed by atoms with van der Waals surface area (Å²) in [5, 5.41) is 3.02. The van der Waals surface area contributed by atoms with Gasteiger partial charge in [-0.2, -0.15) is 0 Å². The second kappa shape index (κ2) is 4.40. The van der Waals surface area contributed by atoms with Gasteiger partial charge in [0.15, 0.2) is 0 Å². The summed E-state index contributed by atoms with van der Waals surface area (Å²) in [6.07, 6.45) is 3.11. The lowest BCUT2D eigenvalue weighted by Gasteiger charge is -2.70. The molecule has 3 aliphatic rings. The number of rotatable bonds is 4. The maximum absolute atomic E-state index is 11.7. The molecule has 4 heteroatoms. The van der Waals surface area contributed by atoms with Crippen LogP contribution in [0.25, 0.3) is 0 Å². The molecular weight excluding hydrogens is 341 g/mol. The van der Waals surface area contributed by atoms with Crippen molar-refractivity contribution in [1.29, 1.82) is 0 Å². The summed E-state index contributed by atoms with van der Waals surface area (Å²) in [6.45, 7) is 0.347. The number of nitrogens with one attached hydrogen (secondary N) is 1. The van der Waals surface area contributed by atoms with Crippen LogP contribution in [-0.4, -0.2) is 16.1 Å². The van der Waals surface area contributed by atoms with Crippen molar-refractivity contribution in [2.45, 2.75) is 31.4 Å². The number of amides is 1. The van der Waals surface area contributed by atoms with Gasteiger partial charge in [-0.25, -0.2) is 4.79 Å². The second-order valence-corrected chi connectivity index (χ2v) is 6.39. The number of benzene rings is 1. The average Bonchev–Trinajstić information content (AvgIpc) is 2.30. The van der Waals surface area contributed by atoms with Gasteiger partial charge in [-0.3, -0.25) is 0 Å². The Bertz CT molecular complexity index is 440. The van der Waals surface area contributed by atoms with Gasteiger partial charge in [-0.1, -0.05) is 52.9 Å². The first-order valence-corrected chi connectivity index (χ1v) is 7.73. The second-order valence-electron chi connectivity index (χ2n) is 5.63. The summed E-state index contributed by atoms with van der Waals surface area (Å²) >= 11 is 2.44. The van der Waals surface area contributed by atoms with Crippen LogP contribution in [0.15, 0.2) is 30.3 Å². The fourth-order valence-corrected chi connectivity index (χ4v) is 4.06. The maximum Gasteiger partial charge on any atom is 0.407 e. The standard InChI is InChI=1S/C14H16INO2/c15-10-13-7-14(8-13,9-13)16-12(17)18-6-11-4-2-1-3-5-11/h1-5H,6-10H2,(H,16,17). The number of halogens is 1.